The highest BCUT2D eigenvalue weighted by molar-refractivity contribution is 5.80. The van der Waals surface area contributed by atoms with Crippen molar-refractivity contribution < 1.29 is 13.2 Å². The number of aromatic nitrogens is 6. The molecule has 0 saturated heterocycles. The topological polar surface area (TPSA) is 86.0 Å². The molecule has 0 spiro atoms. The molecule has 6 rings (SSSR count). The predicted octanol–water partition coefficient (Wildman–Crippen LogP) is 9.92. The van der Waals surface area contributed by atoms with Crippen LogP contribution in [0.25, 0.3) is 33.1 Å². The van der Waals surface area contributed by atoms with Gasteiger partial charge in [-0.3, -0.25) is 0 Å². The summed E-state index contributed by atoms with van der Waals surface area (Å²) in [6.07, 6.45) is 0. The first-order valence-electron chi connectivity index (χ1n) is 15.1. The van der Waals surface area contributed by atoms with Gasteiger partial charge in [-0.15, -0.1) is 0 Å². The van der Waals surface area contributed by atoms with Crippen LogP contribution in [0, 0.1) is 38.2 Å². The number of nitrogens with zero attached hydrogens (tertiary/aromatic N) is 3. The van der Waals surface area contributed by atoms with Crippen LogP contribution in [-0.4, -0.2) is 29.9 Å². The molecule has 6 nitrogen and oxygen atoms in total. The van der Waals surface area contributed by atoms with Gasteiger partial charge in [0.1, 0.15) is 23.0 Å². The third-order valence-electron chi connectivity index (χ3n) is 7.30. The zero-order chi connectivity index (χ0) is 33.6. The maximum Gasteiger partial charge on any atom is 0.196 e. The van der Waals surface area contributed by atoms with E-state index in [-0.39, 0.29) is 27.3 Å². The van der Waals surface area contributed by atoms with Crippen molar-refractivity contribution in [1.29, 1.82) is 0 Å². The summed E-state index contributed by atoms with van der Waals surface area (Å²) in [6.45, 7) is 24.9. The maximum absolute atomic E-state index is 13.4. The first-order valence-corrected chi connectivity index (χ1v) is 15.1. The summed E-state index contributed by atoms with van der Waals surface area (Å²) >= 11 is 0. The van der Waals surface area contributed by atoms with Crippen LogP contribution >= 0.6 is 0 Å². The molecule has 6 aromatic rings. The lowest BCUT2D eigenvalue weighted by Crippen LogP contribution is -2.13. The van der Waals surface area contributed by atoms with Gasteiger partial charge in [0.15, 0.2) is 17.5 Å². The number of H-pyrrole nitrogens is 3. The third-order valence-corrected chi connectivity index (χ3v) is 7.30. The Hall–Kier alpha value is -4.14. The van der Waals surface area contributed by atoms with Gasteiger partial charge < -0.3 is 15.0 Å². The molecule has 3 aromatic heterocycles. The number of fused-ring (bicyclic) bond motifs is 3. The minimum Gasteiger partial charge on any atom is -0.342 e. The van der Waals surface area contributed by atoms with E-state index in [0.29, 0.717) is 5.82 Å². The number of aryl methyl sites for hydroxylation is 3. The average molecular weight is 619 g/mol. The van der Waals surface area contributed by atoms with Crippen LogP contribution in [0.1, 0.15) is 96.5 Å². The Morgan fingerprint density at radius 3 is 1.53 bits per heavy atom. The lowest BCUT2D eigenvalue weighted by molar-refractivity contribution is 0.452. The molecule has 0 atom stereocenters. The monoisotopic (exact) mass is 618 g/mol. The molecule has 3 aromatic carbocycles. The molecule has 45 heavy (non-hydrogen) atoms. The van der Waals surface area contributed by atoms with Gasteiger partial charge in [-0.2, -0.15) is 0 Å². The summed E-state index contributed by atoms with van der Waals surface area (Å²) in [5.41, 5.74) is 8.08. The van der Waals surface area contributed by atoms with E-state index in [0.717, 1.165) is 39.8 Å². The van der Waals surface area contributed by atoms with Crippen LogP contribution in [-0.2, 0) is 16.2 Å². The average Bonchev–Trinajstić information content (AvgIpc) is 3.64. The van der Waals surface area contributed by atoms with E-state index in [2.05, 4.69) is 123 Å². The zero-order valence-electron chi connectivity index (χ0n) is 28.4. The van der Waals surface area contributed by atoms with Crippen molar-refractivity contribution in [2.75, 3.05) is 0 Å². The fourth-order valence-corrected chi connectivity index (χ4v) is 4.72. The van der Waals surface area contributed by atoms with E-state index in [1.165, 1.54) is 16.7 Å². The molecular weight excluding hydrogens is 573 g/mol. The standard InChI is InChI=1S/C13H18N2.C12H16N2.C11H11F3N2/c1-8-6-9(2)11-10(7-8)14-12(15-11)13(3,4)5;1-8-5-6-9-10(7-8)14-11(13-9)12(2,3)4;1-11(2,3)10-15-6-4-5(12)7(13)8(14)9(6)16-10/h6-7H,1-5H3,(H,14,15);5-7H,1-4H3,(H,13,14);4H,1-3H3,(H,15,16). The van der Waals surface area contributed by atoms with Crippen molar-refractivity contribution in [2.24, 2.45) is 0 Å². The summed E-state index contributed by atoms with van der Waals surface area (Å²) in [5.74, 6) is -1.34. The normalized spacial score (nSPS) is 12.3. The predicted molar refractivity (Wildman–Crippen MR) is 178 cm³/mol. The molecule has 0 fully saturated rings. The number of hydrogen-bond acceptors (Lipinski definition) is 3. The molecule has 9 heteroatoms. The number of rotatable bonds is 0. The van der Waals surface area contributed by atoms with E-state index >= 15 is 0 Å². The number of hydrogen-bond donors (Lipinski definition) is 3. The Kier molecular flexibility index (Phi) is 8.99. The van der Waals surface area contributed by atoms with Gasteiger partial charge in [-0.1, -0.05) is 74.4 Å². The van der Waals surface area contributed by atoms with Crippen LogP contribution in [0.4, 0.5) is 13.2 Å². The van der Waals surface area contributed by atoms with Crippen molar-refractivity contribution in [3.63, 3.8) is 0 Å². The second-order valence-electron chi connectivity index (χ2n) is 14.9. The molecule has 0 unspecified atom stereocenters. The smallest absolute Gasteiger partial charge is 0.196 e. The number of imidazole rings is 3. The maximum atomic E-state index is 13.4. The second kappa shape index (κ2) is 12.0. The summed E-state index contributed by atoms with van der Waals surface area (Å²) in [7, 11) is 0. The van der Waals surface area contributed by atoms with Crippen molar-refractivity contribution in [3.05, 3.63) is 88.0 Å². The minimum atomic E-state index is -1.49. The number of nitrogens with one attached hydrogen (secondary N) is 3. The molecule has 0 amide bonds. The zero-order valence-corrected chi connectivity index (χ0v) is 28.4. The molecule has 0 saturated carbocycles. The van der Waals surface area contributed by atoms with E-state index in [4.69, 9.17) is 0 Å². The van der Waals surface area contributed by atoms with Gasteiger partial charge in [0, 0.05) is 22.3 Å². The van der Waals surface area contributed by atoms with Gasteiger partial charge in [0.25, 0.3) is 0 Å². The Morgan fingerprint density at radius 1 is 0.511 bits per heavy atom. The highest BCUT2D eigenvalue weighted by Gasteiger charge is 2.23. The highest BCUT2D eigenvalue weighted by atomic mass is 19.2. The molecule has 240 valence electrons. The summed E-state index contributed by atoms with van der Waals surface area (Å²) < 4.78 is 39.3. The van der Waals surface area contributed by atoms with E-state index < -0.39 is 17.5 Å². The summed E-state index contributed by atoms with van der Waals surface area (Å²) in [5, 5.41) is 0. The lowest BCUT2D eigenvalue weighted by Gasteiger charge is -2.13. The van der Waals surface area contributed by atoms with Crippen molar-refractivity contribution >= 4 is 33.1 Å². The quantitative estimate of drug-likeness (QED) is 0.148. The molecule has 0 radical (unpaired) electrons. The Labute approximate surface area is 263 Å². The lowest BCUT2D eigenvalue weighted by atomic mass is 9.96. The van der Waals surface area contributed by atoms with Crippen molar-refractivity contribution in [2.45, 2.75) is 99.3 Å². The molecule has 0 aliphatic heterocycles. The molecule has 0 aliphatic rings. The van der Waals surface area contributed by atoms with E-state index in [1.54, 1.807) is 0 Å². The SMILES string of the molecule is CC(C)(C)c1nc2c(F)c(F)c(F)cc2[nH]1.Cc1cc(C)c2nc(C(C)(C)C)[nH]c2c1.Cc1ccc2nc(C(C)(C)C)[nH]c2c1. The van der Waals surface area contributed by atoms with Gasteiger partial charge in [-0.25, -0.2) is 28.1 Å². The van der Waals surface area contributed by atoms with Crippen LogP contribution in [0.15, 0.2) is 36.4 Å². The van der Waals surface area contributed by atoms with Crippen molar-refractivity contribution in [1.82, 2.24) is 29.9 Å². The van der Waals surface area contributed by atoms with Gasteiger partial charge >= 0.3 is 0 Å². The molecular formula is C36H45F3N6. The summed E-state index contributed by atoms with van der Waals surface area (Å²) in [6, 6.07) is 11.5. The number of aromatic amines is 3. The molecule has 0 aliphatic carbocycles. The Balaban J connectivity index is 0.000000154. The largest absolute Gasteiger partial charge is 0.342 e. The van der Waals surface area contributed by atoms with Gasteiger partial charge in [-0.05, 0) is 55.7 Å². The fraction of sp³-hybridized carbons (Fsp3) is 0.417. The van der Waals surface area contributed by atoms with Crippen LogP contribution in [0.5, 0.6) is 0 Å². The third kappa shape index (κ3) is 7.57. The highest BCUT2D eigenvalue weighted by Crippen LogP contribution is 2.27. The number of benzene rings is 3. The van der Waals surface area contributed by atoms with Crippen LogP contribution < -0.4 is 0 Å². The van der Waals surface area contributed by atoms with Gasteiger partial charge in [0.05, 0.1) is 27.6 Å². The van der Waals surface area contributed by atoms with Gasteiger partial charge in [0.2, 0.25) is 0 Å². The first-order chi connectivity index (χ1) is 20.6. The minimum absolute atomic E-state index is 0.0827. The fourth-order valence-electron chi connectivity index (χ4n) is 4.72. The van der Waals surface area contributed by atoms with E-state index in [9.17, 15) is 13.2 Å². The summed E-state index contributed by atoms with van der Waals surface area (Å²) in [4.78, 5) is 22.7. The molecule has 3 N–H and O–H groups in total. The second-order valence-corrected chi connectivity index (χ2v) is 14.9. The van der Waals surface area contributed by atoms with Crippen LogP contribution in [0.2, 0.25) is 0 Å². The van der Waals surface area contributed by atoms with Crippen LogP contribution in [0.3, 0.4) is 0 Å². The number of halogens is 3. The Bertz CT molecular complexity index is 1970. The Morgan fingerprint density at radius 2 is 0.978 bits per heavy atom. The molecule has 3 heterocycles. The van der Waals surface area contributed by atoms with Crippen molar-refractivity contribution in [3.8, 4) is 0 Å². The van der Waals surface area contributed by atoms with E-state index in [1.807, 2.05) is 20.8 Å². The first kappa shape index (κ1) is 33.7. The molecule has 0 bridgehead atoms.